The molecule has 0 saturated carbocycles. The van der Waals surface area contributed by atoms with Crippen molar-refractivity contribution in [3.63, 3.8) is 0 Å². The summed E-state index contributed by atoms with van der Waals surface area (Å²) in [4.78, 5) is 35.2. The predicted octanol–water partition coefficient (Wildman–Crippen LogP) is 2.14. The molecule has 3 aromatic rings. The number of hydrogen-bond acceptors (Lipinski definition) is 4. The second kappa shape index (κ2) is 5.76. The first-order valence-electron chi connectivity index (χ1n) is 6.79. The Kier molecular flexibility index (Phi) is 3.64. The highest BCUT2D eigenvalue weighted by atomic mass is 16.4. The third-order valence-corrected chi connectivity index (χ3v) is 3.31. The lowest BCUT2D eigenvalue weighted by Gasteiger charge is -2.05. The number of benzene rings is 2. The molecule has 3 N–H and O–H groups in total. The number of para-hydroxylation sites is 1. The monoisotopic (exact) mass is 308 g/mol. The first kappa shape index (κ1) is 14.5. The molecule has 0 aliphatic rings. The molecule has 1 aromatic heterocycles. The van der Waals surface area contributed by atoms with E-state index in [2.05, 4.69) is 5.32 Å². The molecule has 0 atom stereocenters. The van der Waals surface area contributed by atoms with Gasteiger partial charge in [-0.2, -0.15) is 0 Å². The molecule has 0 spiro atoms. The van der Waals surface area contributed by atoms with E-state index in [0.29, 0.717) is 22.2 Å². The Morgan fingerprint density at radius 1 is 1.00 bits per heavy atom. The van der Waals surface area contributed by atoms with E-state index in [1.165, 1.54) is 30.3 Å². The Balaban J connectivity index is 1.89. The van der Waals surface area contributed by atoms with Gasteiger partial charge in [0.15, 0.2) is 0 Å². The van der Waals surface area contributed by atoms with Crippen LogP contribution in [-0.2, 0) is 0 Å². The third-order valence-electron chi connectivity index (χ3n) is 3.31. The van der Waals surface area contributed by atoms with E-state index >= 15 is 0 Å². The van der Waals surface area contributed by atoms with Crippen molar-refractivity contribution in [3.8, 4) is 0 Å². The molecule has 0 radical (unpaired) electrons. The zero-order valence-electron chi connectivity index (χ0n) is 11.9. The van der Waals surface area contributed by atoms with E-state index in [9.17, 15) is 14.4 Å². The smallest absolute Gasteiger partial charge is 0.349 e. The number of carbonyl (C=O) groups excluding carboxylic acids is 2. The maximum absolute atomic E-state index is 12.2. The van der Waals surface area contributed by atoms with Gasteiger partial charge in [-0.25, -0.2) is 4.79 Å². The molecule has 0 unspecified atom stereocenters. The van der Waals surface area contributed by atoms with E-state index in [4.69, 9.17) is 10.2 Å². The van der Waals surface area contributed by atoms with E-state index < -0.39 is 17.4 Å². The quantitative estimate of drug-likeness (QED) is 0.723. The predicted molar refractivity (Wildman–Crippen MR) is 85.4 cm³/mol. The van der Waals surface area contributed by atoms with Crippen molar-refractivity contribution >= 4 is 28.5 Å². The molecule has 0 saturated heterocycles. The Bertz CT molecular complexity index is 958. The van der Waals surface area contributed by atoms with E-state index in [0.717, 1.165) is 0 Å². The molecular weight excluding hydrogens is 296 g/mol. The number of nitrogens with one attached hydrogen (secondary N) is 1. The van der Waals surface area contributed by atoms with Crippen LogP contribution in [0.15, 0.2) is 63.8 Å². The minimum Gasteiger partial charge on any atom is -0.422 e. The molecule has 2 amide bonds. The van der Waals surface area contributed by atoms with Crippen molar-refractivity contribution in [1.82, 2.24) is 0 Å². The Labute approximate surface area is 130 Å². The number of hydrogen-bond donors (Lipinski definition) is 2. The third kappa shape index (κ3) is 2.96. The second-order valence-electron chi connectivity index (χ2n) is 4.88. The summed E-state index contributed by atoms with van der Waals surface area (Å²) in [5.41, 5.74) is 5.52. The summed E-state index contributed by atoms with van der Waals surface area (Å²) < 4.78 is 5.12. The first-order valence-corrected chi connectivity index (χ1v) is 6.79. The van der Waals surface area contributed by atoms with Crippen LogP contribution in [0.3, 0.4) is 0 Å². The van der Waals surface area contributed by atoms with E-state index in [1.54, 1.807) is 24.3 Å². The number of rotatable bonds is 3. The van der Waals surface area contributed by atoms with Gasteiger partial charge in [-0.15, -0.1) is 0 Å². The fourth-order valence-electron chi connectivity index (χ4n) is 2.14. The molecule has 23 heavy (non-hydrogen) atoms. The van der Waals surface area contributed by atoms with Crippen LogP contribution in [0.5, 0.6) is 0 Å². The number of amides is 2. The Morgan fingerprint density at radius 3 is 2.39 bits per heavy atom. The van der Waals surface area contributed by atoms with Crippen LogP contribution in [0.2, 0.25) is 0 Å². The van der Waals surface area contributed by atoms with Crippen molar-refractivity contribution < 1.29 is 14.0 Å². The normalized spacial score (nSPS) is 10.4. The highest BCUT2D eigenvalue weighted by molar-refractivity contribution is 6.05. The number of carbonyl (C=O) groups is 2. The first-order chi connectivity index (χ1) is 11.0. The van der Waals surface area contributed by atoms with Crippen LogP contribution in [0.25, 0.3) is 11.0 Å². The van der Waals surface area contributed by atoms with Crippen molar-refractivity contribution in [1.29, 1.82) is 0 Å². The fourth-order valence-corrected chi connectivity index (χ4v) is 2.14. The summed E-state index contributed by atoms with van der Waals surface area (Å²) >= 11 is 0. The van der Waals surface area contributed by atoms with Crippen molar-refractivity contribution in [2.75, 3.05) is 5.32 Å². The maximum atomic E-state index is 12.2. The summed E-state index contributed by atoms with van der Waals surface area (Å²) in [6.45, 7) is 0. The lowest BCUT2D eigenvalue weighted by molar-refractivity contribution is 0.0998. The van der Waals surface area contributed by atoms with Gasteiger partial charge < -0.3 is 15.5 Å². The van der Waals surface area contributed by atoms with Gasteiger partial charge in [-0.1, -0.05) is 18.2 Å². The summed E-state index contributed by atoms with van der Waals surface area (Å²) in [5.74, 6) is -1.14. The van der Waals surface area contributed by atoms with Gasteiger partial charge in [0.2, 0.25) is 5.91 Å². The van der Waals surface area contributed by atoms with Crippen LogP contribution >= 0.6 is 0 Å². The molecule has 114 valence electrons. The number of anilines is 1. The van der Waals surface area contributed by atoms with Gasteiger partial charge in [0.25, 0.3) is 5.91 Å². The Morgan fingerprint density at radius 2 is 1.70 bits per heavy atom. The van der Waals surface area contributed by atoms with Crippen LogP contribution in [0, 0.1) is 0 Å². The number of primary amides is 1. The van der Waals surface area contributed by atoms with Gasteiger partial charge in [-0.05, 0) is 36.4 Å². The largest absolute Gasteiger partial charge is 0.422 e. The average molecular weight is 308 g/mol. The van der Waals surface area contributed by atoms with Gasteiger partial charge in [0, 0.05) is 16.6 Å². The van der Waals surface area contributed by atoms with Gasteiger partial charge in [-0.3, -0.25) is 9.59 Å². The van der Waals surface area contributed by atoms with Gasteiger partial charge in [0.1, 0.15) is 11.1 Å². The summed E-state index contributed by atoms with van der Waals surface area (Å²) in [7, 11) is 0. The second-order valence-corrected chi connectivity index (χ2v) is 4.88. The molecule has 2 aromatic carbocycles. The van der Waals surface area contributed by atoms with E-state index in [-0.39, 0.29) is 5.56 Å². The molecule has 0 fully saturated rings. The molecule has 0 aliphatic heterocycles. The molecule has 0 aliphatic carbocycles. The van der Waals surface area contributed by atoms with Crippen molar-refractivity contribution in [3.05, 3.63) is 76.1 Å². The molecular formula is C17H12N2O4. The molecule has 6 nitrogen and oxygen atoms in total. The molecule has 1 heterocycles. The van der Waals surface area contributed by atoms with Gasteiger partial charge >= 0.3 is 5.63 Å². The minimum absolute atomic E-state index is 0.0947. The molecule has 6 heteroatoms. The lowest BCUT2D eigenvalue weighted by Crippen LogP contribution is -2.20. The number of nitrogens with two attached hydrogens (primary N) is 1. The van der Waals surface area contributed by atoms with Crippen LogP contribution in [0.1, 0.15) is 20.7 Å². The summed E-state index contributed by atoms with van der Waals surface area (Å²) in [6.07, 6.45) is 0. The highest BCUT2D eigenvalue weighted by Crippen LogP contribution is 2.14. The Hall–Kier alpha value is -3.41. The SMILES string of the molecule is NC(=O)c1ccc(NC(=O)c2cc3ccccc3oc2=O)cc1. The topological polar surface area (TPSA) is 102 Å². The average Bonchev–Trinajstić information content (AvgIpc) is 2.54. The zero-order valence-corrected chi connectivity index (χ0v) is 11.9. The highest BCUT2D eigenvalue weighted by Gasteiger charge is 2.14. The number of fused-ring (bicyclic) bond motifs is 1. The standard InChI is InChI=1S/C17H12N2O4/c18-15(20)10-5-7-12(8-6-10)19-16(21)13-9-11-3-1-2-4-14(11)23-17(13)22/h1-9H,(H2,18,20)(H,19,21). The maximum Gasteiger partial charge on any atom is 0.349 e. The molecule has 0 bridgehead atoms. The summed E-state index contributed by atoms with van der Waals surface area (Å²) in [5, 5.41) is 3.23. The summed E-state index contributed by atoms with van der Waals surface area (Å²) in [6, 6.07) is 14.4. The lowest BCUT2D eigenvalue weighted by atomic mass is 10.1. The van der Waals surface area contributed by atoms with Crippen LogP contribution in [-0.4, -0.2) is 11.8 Å². The van der Waals surface area contributed by atoms with Crippen LogP contribution in [0.4, 0.5) is 5.69 Å². The minimum atomic E-state index is -0.713. The zero-order chi connectivity index (χ0) is 16.4. The van der Waals surface area contributed by atoms with E-state index in [1.807, 2.05) is 0 Å². The van der Waals surface area contributed by atoms with Crippen LogP contribution < -0.4 is 16.7 Å². The fraction of sp³-hybridized carbons (Fsp3) is 0. The molecule has 3 rings (SSSR count). The van der Waals surface area contributed by atoms with Crippen molar-refractivity contribution in [2.45, 2.75) is 0 Å². The van der Waals surface area contributed by atoms with Crippen molar-refractivity contribution in [2.24, 2.45) is 5.73 Å². The van der Waals surface area contributed by atoms with Gasteiger partial charge in [0.05, 0.1) is 0 Å².